The first-order chi connectivity index (χ1) is 6.56. The van der Waals surface area contributed by atoms with Gasteiger partial charge in [0.25, 0.3) is 0 Å². The monoisotopic (exact) mass is 213 g/mol. The molecule has 0 bridgehead atoms. The van der Waals surface area contributed by atoms with Crippen LogP contribution in [0, 0.1) is 12.7 Å². The molecule has 0 aromatic heterocycles. The molecule has 3 heteroatoms. The zero-order valence-electron chi connectivity index (χ0n) is 8.79. The molecule has 0 amide bonds. The van der Waals surface area contributed by atoms with Crippen LogP contribution in [0.25, 0.3) is 0 Å². The molecule has 0 N–H and O–H groups in total. The quantitative estimate of drug-likeness (QED) is 0.755. The van der Waals surface area contributed by atoms with Gasteiger partial charge in [0.1, 0.15) is 5.82 Å². The molecule has 0 aliphatic heterocycles. The van der Waals surface area contributed by atoms with Crippen LogP contribution < -0.4 is 0 Å². The van der Waals surface area contributed by atoms with Crippen molar-refractivity contribution in [3.63, 3.8) is 0 Å². The summed E-state index contributed by atoms with van der Waals surface area (Å²) in [5.41, 5.74) is 1.81. The number of thiol groups is 1. The van der Waals surface area contributed by atoms with Crippen molar-refractivity contribution in [1.82, 2.24) is 4.90 Å². The SMILES string of the molecule is Cc1cc(C(CS)N(C)C)ccc1F. The molecule has 78 valence electrons. The van der Waals surface area contributed by atoms with E-state index in [1.54, 1.807) is 6.92 Å². The Balaban J connectivity index is 3.00. The second-order valence-electron chi connectivity index (χ2n) is 3.67. The lowest BCUT2D eigenvalue weighted by atomic mass is 10.0. The Bertz CT molecular complexity index is 312. The van der Waals surface area contributed by atoms with E-state index in [9.17, 15) is 4.39 Å². The molecule has 1 aromatic carbocycles. The molecule has 0 spiro atoms. The highest BCUT2D eigenvalue weighted by Gasteiger charge is 2.12. The van der Waals surface area contributed by atoms with Crippen LogP contribution in [0.4, 0.5) is 4.39 Å². The van der Waals surface area contributed by atoms with Gasteiger partial charge in [-0.15, -0.1) is 0 Å². The summed E-state index contributed by atoms with van der Waals surface area (Å²) in [4.78, 5) is 2.08. The van der Waals surface area contributed by atoms with Crippen molar-refractivity contribution in [2.45, 2.75) is 13.0 Å². The Morgan fingerprint density at radius 3 is 2.50 bits per heavy atom. The fraction of sp³-hybridized carbons (Fsp3) is 0.455. The van der Waals surface area contributed by atoms with E-state index in [1.807, 2.05) is 26.2 Å². The van der Waals surface area contributed by atoms with E-state index in [-0.39, 0.29) is 11.9 Å². The van der Waals surface area contributed by atoms with Gasteiger partial charge in [0.15, 0.2) is 0 Å². The average Bonchev–Trinajstić information content (AvgIpc) is 2.11. The van der Waals surface area contributed by atoms with Crippen LogP contribution in [0.2, 0.25) is 0 Å². The molecule has 0 aliphatic rings. The van der Waals surface area contributed by atoms with E-state index in [0.29, 0.717) is 5.56 Å². The van der Waals surface area contributed by atoms with Gasteiger partial charge in [0.05, 0.1) is 0 Å². The van der Waals surface area contributed by atoms with Gasteiger partial charge in [-0.2, -0.15) is 12.6 Å². The highest BCUT2D eigenvalue weighted by atomic mass is 32.1. The summed E-state index contributed by atoms with van der Waals surface area (Å²) in [5, 5.41) is 0. The Morgan fingerprint density at radius 1 is 1.43 bits per heavy atom. The van der Waals surface area contributed by atoms with Gasteiger partial charge in [-0.3, -0.25) is 0 Å². The standard InChI is InChI=1S/C11H16FNS/c1-8-6-9(4-5-10(8)12)11(7-14)13(2)3/h4-6,11,14H,7H2,1-3H3. The highest BCUT2D eigenvalue weighted by Crippen LogP contribution is 2.21. The van der Waals surface area contributed by atoms with Crippen LogP contribution in [0.5, 0.6) is 0 Å². The third-order valence-electron chi connectivity index (χ3n) is 2.36. The van der Waals surface area contributed by atoms with Crippen molar-refractivity contribution >= 4 is 12.6 Å². The second kappa shape index (κ2) is 4.80. The van der Waals surface area contributed by atoms with Gasteiger partial charge in [-0.25, -0.2) is 4.39 Å². The second-order valence-corrected chi connectivity index (χ2v) is 4.04. The number of hydrogen-bond donors (Lipinski definition) is 1. The summed E-state index contributed by atoms with van der Waals surface area (Å²) >= 11 is 4.29. The molecule has 0 saturated heterocycles. The highest BCUT2D eigenvalue weighted by molar-refractivity contribution is 7.80. The molecule has 0 aliphatic carbocycles. The largest absolute Gasteiger partial charge is 0.302 e. The maximum Gasteiger partial charge on any atom is 0.126 e. The maximum atomic E-state index is 13.0. The van der Waals surface area contributed by atoms with Crippen molar-refractivity contribution < 1.29 is 4.39 Å². The van der Waals surface area contributed by atoms with Crippen LogP contribution in [-0.2, 0) is 0 Å². The van der Waals surface area contributed by atoms with Crippen molar-refractivity contribution in [2.75, 3.05) is 19.8 Å². The molecule has 0 saturated carbocycles. The number of benzene rings is 1. The Hall–Kier alpha value is -0.540. The fourth-order valence-corrected chi connectivity index (χ4v) is 1.98. The molecule has 0 fully saturated rings. The predicted octanol–water partition coefficient (Wildman–Crippen LogP) is 2.67. The summed E-state index contributed by atoms with van der Waals surface area (Å²) in [5.74, 6) is 0.586. The molecule has 1 nitrogen and oxygen atoms in total. The third-order valence-corrected chi connectivity index (χ3v) is 2.71. The first-order valence-electron chi connectivity index (χ1n) is 4.59. The van der Waals surface area contributed by atoms with Gasteiger partial charge in [-0.05, 0) is 38.2 Å². The van der Waals surface area contributed by atoms with E-state index in [2.05, 4.69) is 17.5 Å². The van der Waals surface area contributed by atoms with Crippen molar-refractivity contribution in [1.29, 1.82) is 0 Å². The van der Waals surface area contributed by atoms with Gasteiger partial charge >= 0.3 is 0 Å². The van der Waals surface area contributed by atoms with Crippen molar-refractivity contribution in [3.8, 4) is 0 Å². The summed E-state index contributed by atoms with van der Waals surface area (Å²) in [6, 6.07) is 5.47. The lowest BCUT2D eigenvalue weighted by Crippen LogP contribution is -2.21. The maximum absolute atomic E-state index is 13.0. The Kier molecular flexibility index (Phi) is 3.96. The van der Waals surface area contributed by atoms with Crippen LogP contribution in [0.15, 0.2) is 18.2 Å². The van der Waals surface area contributed by atoms with Crippen LogP contribution >= 0.6 is 12.6 Å². The lowest BCUT2D eigenvalue weighted by Gasteiger charge is -2.23. The van der Waals surface area contributed by atoms with Gasteiger partial charge in [0, 0.05) is 11.8 Å². The Morgan fingerprint density at radius 2 is 2.07 bits per heavy atom. The molecule has 0 heterocycles. The van der Waals surface area contributed by atoms with E-state index in [0.717, 1.165) is 11.3 Å². The zero-order chi connectivity index (χ0) is 10.7. The lowest BCUT2D eigenvalue weighted by molar-refractivity contribution is 0.326. The molecule has 1 atom stereocenters. The number of aryl methyl sites for hydroxylation is 1. The van der Waals surface area contributed by atoms with Gasteiger partial charge in [0.2, 0.25) is 0 Å². The number of rotatable bonds is 3. The molecule has 1 unspecified atom stereocenters. The first kappa shape index (κ1) is 11.5. The Labute approximate surface area is 90.3 Å². The zero-order valence-corrected chi connectivity index (χ0v) is 9.68. The average molecular weight is 213 g/mol. The van der Waals surface area contributed by atoms with Crippen LogP contribution in [0.1, 0.15) is 17.2 Å². The smallest absolute Gasteiger partial charge is 0.126 e. The van der Waals surface area contributed by atoms with Crippen molar-refractivity contribution in [3.05, 3.63) is 35.1 Å². The molecule has 0 radical (unpaired) electrons. The molecular formula is C11H16FNS. The summed E-state index contributed by atoms with van der Waals surface area (Å²) in [7, 11) is 4.00. The topological polar surface area (TPSA) is 3.24 Å². The minimum Gasteiger partial charge on any atom is -0.302 e. The number of hydrogen-bond acceptors (Lipinski definition) is 2. The number of halogens is 1. The number of nitrogens with zero attached hydrogens (tertiary/aromatic N) is 1. The van der Waals surface area contributed by atoms with Crippen LogP contribution in [-0.4, -0.2) is 24.7 Å². The minimum absolute atomic E-state index is 0.148. The summed E-state index contributed by atoms with van der Waals surface area (Å²) in [6.45, 7) is 1.78. The molecular weight excluding hydrogens is 197 g/mol. The molecule has 1 aromatic rings. The van der Waals surface area contributed by atoms with Gasteiger partial charge < -0.3 is 4.90 Å². The third kappa shape index (κ3) is 2.49. The van der Waals surface area contributed by atoms with Crippen molar-refractivity contribution in [2.24, 2.45) is 0 Å². The fourth-order valence-electron chi connectivity index (χ4n) is 1.44. The predicted molar refractivity (Wildman–Crippen MR) is 61.4 cm³/mol. The van der Waals surface area contributed by atoms with E-state index in [4.69, 9.17) is 0 Å². The summed E-state index contributed by atoms with van der Waals surface area (Å²) < 4.78 is 13.0. The minimum atomic E-state index is -0.148. The van der Waals surface area contributed by atoms with Gasteiger partial charge in [-0.1, -0.05) is 12.1 Å². The molecule has 14 heavy (non-hydrogen) atoms. The van der Waals surface area contributed by atoms with Crippen LogP contribution in [0.3, 0.4) is 0 Å². The van der Waals surface area contributed by atoms with E-state index >= 15 is 0 Å². The normalized spacial score (nSPS) is 13.3. The van der Waals surface area contributed by atoms with E-state index in [1.165, 1.54) is 6.07 Å². The summed E-state index contributed by atoms with van der Waals surface area (Å²) in [6.07, 6.45) is 0. The van der Waals surface area contributed by atoms with E-state index < -0.39 is 0 Å². The first-order valence-corrected chi connectivity index (χ1v) is 5.23. The molecule has 1 rings (SSSR count).